The fourth-order valence-electron chi connectivity index (χ4n) is 3.49. The molecule has 34 heavy (non-hydrogen) atoms. The van der Waals surface area contributed by atoms with E-state index in [1.165, 1.54) is 28.7 Å². The van der Waals surface area contributed by atoms with E-state index in [0.29, 0.717) is 29.4 Å². The van der Waals surface area contributed by atoms with Crippen LogP contribution in [-0.2, 0) is 17.8 Å². The third kappa shape index (κ3) is 4.59. The molecular formula is C24H18FN5O2S2. The van der Waals surface area contributed by atoms with E-state index in [-0.39, 0.29) is 12.1 Å². The second-order valence-corrected chi connectivity index (χ2v) is 9.04. The van der Waals surface area contributed by atoms with Crippen molar-refractivity contribution >= 4 is 50.2 Å². The van der Waals surface area contributed by atoms with Crippen molar-refractivity contribution in [2.24, 2.45) is 5.73 Å². The summed E-state index contributed by atoms with van der Waals surface area (Å²) in [6.45, 7) is 0.353. The number of carbonyl (C=O) groups is 1. The van der Waals surface area contributed by atoms with Gasteiger partial charge < -0.3 is 15.8 Å². The van der Waals surface area contributed by atoms with Crippen LogP contribution in [0.25, 0.3) is 21.3 Å². The van der Waals surface area contributed by atoms with Crippen LogP contribution in [0.1, 0.15) is 11.3 Å². The summed E-state index contributed by atoms with van der Waals surface area (Å²) < 4.78 is 21.6. The predicted octanol–water partition coefficient (Wildman–Crippen LogP) is 5.30. The first kappa shape index (κ1) is 21.9. The molecule has 5 rings (SSSR count). The number of thiophene rings is 1. The second-order valence-electron chi connectivity index (χ2n) is 7.41. The molecule has 10 heteroatoms. The Balaban J connectivity index is 1.46. The number of hydrogen-bond donors (Lipinski definition) is 2. The third-order valence-electron chi connectivity index (χ3n) is 5.05. The number of rotatable bonds is 8. The van der Waals surface area contributed by atoms with Crippen LogP contribution in [0.15, 0.2) is 64.8 Å². The number of amides is 1. The van der Waals surface area contributed by atoms with Crippen LogP contribution >= 0.6 is 22.7 Å². The SMILES string of the molecule is NC(=O)Cc1ccc(Nc2nnc(-c3ccccc3OCc3cscn3)c3sccc23)c(F)c1. The predicted molar refractivity (Wildman–Crippen MR) is 132 cm³/mol. The number of halogens is 1. The lowest BCUT2D eigenvalue weighted by Crippen LogP contribution is -2.13. The monoisotopic (exact) mass is 491 g/mol. The normalized spacial score (nSPS) is 11.0. The van der Waals surface area contributed by atoms with E-state index in [1.54, 1.807) is 17.6 Å². The molecule has 1 amide bonds. The standard InChI is InChI=1S/C24H18FN5O2S2/c25-18-9-14(10-21(26)31)5-6-19(18)28-24-17-7-8-34-23(17)22(29-30-24)16-3-1-2-4-20(16)32-11-15-12-33-13-27-15/h1-9,12-13H,10-11H2,(H2,26,31)(H,28,30). The fraction of sp³-hybridized carbons (Fsp3) is 0.0833. The summed E-state index contributed by atoms with van der Waals surface area (Å²) in [5.41, 5.74) is 10.1. The van der Waals surface area contributed by atoms with Gasteiger partial charge in [0.25, 0.3) is 0 Å². The van der Waals surface area contributed by atoms with Crippen molar-refractivity contribution in [3.05, 3.63) is 81.9 Å². The molecule has 5 aromatic rings. The Morgan fingerprint density at radius 2 is 2.03 bits per heavy atom. The van der Waals surface area contributed by atoms with Gasteiger partial charge in [0.2, 0.25) is 5.91 Å². The van der Waals surface area contributed by atoms with Gasteiger partial charge in [-0.25, -0.2) is 9.37 Å². The Hall–Kier alpha value is -3.89. The highest BCUT2D eigenvalue weighted by Gasteiger charge is 2.17. The summed E-state index contributed by atoms with van der Waals surface area (Å²) in [5, 5.41) is 16.5. The molecule has 3 N–H and O–H groups in total. The van der Waals surface area contributed by atoms with E-state index < -0.39 is 11.7 Å². The molecule has 0 radical (unpaired) electrons. The van der Waals surface area contributed by atoms with E-state index in [1.807, 2.05) is 41.1 Å². The van der Waals surface area contributed by atoms with Gasteiger partial charge in [-0.2, -0.15) is 0 Å². The minimum absolute atomic E-state index is 0.0234. The van der Waals surface area contributed by atoms with Crippen LogP contribution in [0.3, 0.4) is 0 Å². The van der Waals surface area contributed by atoms with Crippen LogP contribution in [0.5, 0.6) is 5.75 Å². The van der Waals surface area contributed by atoms with Crippen molar-refractivity contribution in [2.45, 2.75) is 13.0 Å². The number of ether oxygens (including phenoxy) is 1. The van der Waals surface area contributed by atoms with Crippen LogP contribution in [-0.4, -0.2) is 21.1 Å². The first-order chi connectivity index (χ1) is 16.6. The molecule has 0 aliphatic rings. The maximum atomic E-state index is 14.6. The van der Waals surface area contributed by atoms with Gasteiger partial charge in [-0.05, 0) is 41.3 Å². The lowest BCUT2D eigenvalue weighted by molar-refractivity contribution is -0.117. The Morgan fingerprint density at radius 3 is 2.82 bits per heavy atom. The van der Waals surface area contributed by atoms with Crippen molar-refractivity contribution < 1.29 is 13.9 Å². The van der Waals surface area contributed by atoms with Crippen LogP contribution in [0, 0.1) is 5.82 Å². The van der Waals surface area contributed by atoms with Gasteiger partial charge in [0, 0.05) is 16.3 Å². The maximum Gasteiger partial charge on any atom is 0.221 e. The molecule has 3 heterocycles. The number of anilines is 2. The number of thiazole rings is 1. The summed E-state index contributed by atoms with van der Waals surface area (Å²) >= 11 is 3.04. The van der Waals surface area contributed by atoms with Crippen LogP contribution < -0.4 is 15.8 Å². The molecule has 0 saturated heterocycles. The number of fused-ring (bicyclic) bond motifs is 1. The number of nitrogens with zero attached hydrogens (tertiary/aromatic N) is 3. The molecule has 0 aliphatic carbocycles. The Kier molecular flexibility index (Phi) is 6.15. The second kappa shape index (κ2) is 9.54. The van der Waals surface area contributed by atoms with Crippen molar-refractivity contribution in [1.29, 1.82) is 0 Å². The van der Waals surface area contributed by atoms with Crippen LogP contribution in [0.4, 0.5) is 15.9 Å². The Bertz CT molecular complexity index is 1470. The van der Waals surface area contributed by atoms with Gasteiger partial charge >= 0.3 is 0 Å². The average molecular weight is 492 g/mol. The number of nitrogens with two attached hydrogens (primary N) is 1. The van der Waals surface area contributed by atoms with E-state index >= 15 is 0 Å². The lowest BCUT2D eigenvalue weighted by atomic mass is 10.1. The third-order valence-corrected chi connectivity index (χ3v) is 6.61. The smallest absolute Gasteiger partial charge is 0.221 e. The van der Waals surface area contributed by atoms with Gasteiger partial charge in [0.15, 0.2) is 5.82 Å². The van der Waals surface area contributed by atoms with Gasteiger partial charge in [0.1, 0.15) is 23.9 Å². The first-order valence-electron chi connectivity index (χ1n) is 10.3. The molecule has 7 nitrogen and oxygen atoms in total. The quantitative estimate of drug-likeness (QED) is 0.305. The number of para-hydroxylation sites is 1. The van der Waals surface area contributed by atoms with Crippen LogP contribution in [0.2, 0.25) is 0 Å². The van der Waals surface area contributed by atoms with Crippen molar-refractivity contribution in [3.8, 4) is 17.0 Å². The zero-order valence-corrected chi connectivity index (χ0v) is 19.3. The molecule has 2 aromatic carbocycles. The number of aromatic nitrogens is 3. The molecule has 170 valence electrons. The Morgan fingerprint density at radius 1 is 1.15 bits per heavy atom. The average Bonchev–Trinajstić information content (AvgIpc) is 3.52. The zero-order chi connectivity index (χ0) is 23.5. The number of benzene rings is 2. The maximum absolute atomic E-state index is 14.6. The lowest BCUT2D eigenvalue weighted by Gasteiger charge is -2.13. The fourth-order valence-corrected chi connectivity index (χ4v) is 4.93. The molecule has 0 aliphatic heterocycles. The summed E-state index contributed by atoms with van der Waals surface area (Å²) in [7, 11) is 0. The van der Waals surface area contributed by atoms with E-state index in [9.17, 15) is 9.18 Å². The molecule has 0 unspecified atom stereocenters. The molecule has 3 aromatic heterocycles. The highest BCUT2D eigenvalue weighted by molar-refractivity contribution is 7.17. The topological polar surface area (TPSA) is 103 Å². The highest BCUT2D eigenvalue weighted by Crippen LogP contribution is 2.38. The van der Waals surface area contributed by atoms with E-state index in [2.05, 4.69) is 20.5 Å². The summed E-state index contributed by atoms with van der Waals surface area (Å²) in [6.07, 6.45) is -0.0234. The number of nitrogens with one attached hydrogen (secondary N) is 1. The van der Waals surface area contributed by atoms with Crippen molar-refractivity contribution in [2.75, 3.05) is 5.32 Å². The van der Waals surface area contributed by atoms with Crippen molar-refractivity contribution in [1.82, 2.24) is 15.2 Å². The van der Waals surface area contributed by atoms with E-state index in [4.69, 9.17) is 10.5 Å². The molecule has 0 bridgehead atoms. The summed E-state index contributed by atoms with van der Waals surface area (Å²) in [5.74, 6) is 0.0879. The zero-order valence-electron chi connectivity index (χ0n) is 17.7. The molecule has 0 spiro atoms. The minimum atomic E-state index is -0.516. The summed E-state index contributed by atoms with van der Waals surface area (Å²) in [4.78, 5) is 15.4. The van der Waals surface area contributed by atoms with Gasteiger partial charge in [-0.15, -0.1) is 32.9 Å². The Labute approximate surface area is 202 Å². The van der Waals surface area contributed by atoms with Crippen molar-refractivity contribution in [3.63, 3.8) is 0 Å². The summed E-state index contributed by atoms with van der Waals surface area (Å²) in [6, 6.07) is 14.1. The molecule has 0 fully saturated rings. The first-order valence-corrected chi connectivity index (χ1v) is 12.1. The van der Waals surface area contributed by atoms with Gasteiger partial charge in [-0.3, -0.25) is 4.79 Å². The number of hydrogen-bond acceptors (Lipinski definition) is 8. The largest absolute Gasteiger partial charge is 0.487 e. The van der Waals surface area contributed by atoms with Gasteiger partial charge in [-0.1, -0.05) is 18.2 Å². The number of primary amides is 1. The van der Waals surface area contributed by atoms with Gasteiger partial charge in [0.05, 0.1) is 28.0 Å². The van der Waals surface area contributed by atoms with E-state index in [0.717, 1.165) is 21.3 Å². The highest BCUT2D eigenvalue weighted by atomic mass is 32.1. The number of carbonyl (C=O) groups excluding carboxylic acids is 1. The molecule has 0 saturated carbocycles. The molecule has 0 atom stereocenters. The minimum Gasteiger partial charge on any atom is -0.487 e. The molecular weight excluding hydrogens is 473 g/mol.